The normalized spacial score (nSPS) is 25.3. The van der Waals surface area contributed by atoms with Gasteiger partial charge in [0, 0.05) is 19.4 Å². The zero-order valence-electron chi connectivity index (χ0n) is 10.4. The minimum atomic E-state index is -0.702. The van der Waals surface area contributed by atoms with Gasteiger partial charge in [-0.2, -0.15) is 0 Å². The first-order valence-corrected chi connectivity index (χ1v) is 6.05. The molecule has 1 aromatic heterocycles. The first kappa shape index (κ1) is 12.1. The van der Waals surface area contributed by atoms with Gasteiger partial charge in [0.2, 0.25) is 0 Å². The van der Waals surface area contributed by atoms with Crippen LogP contribution in [0.4, 0.5) is 0 Å². The summed E-state index contributed by atoms with van der Waals surface area (Å²) in [4.78, 5) is 17.8. The third kappa shape index (κ3) is 1.95. The molecule has 1 unspecified atom stereocenters. The maximum absolute atomic E-state index is 11.5. The highest BCUT2D eigenvalue weighted by atomic mass is 16.4. The van der Waals surface area contributed by atoms with Gasteiger partial charge in [-0.1, -0.05) is 6.92 Å². The molecule has 1 saturated heterocycles. The molecule has 2 heterocycles. The van der Waals surface area contributed by atoms with Gasteiger partial charge >= 0.3 is 5.97 Å². The Kier molecular flexibility index (Phi) is 3.19. The quantitative estimate of drug-likeness (QED) is 0.856. The van der Waals surface area contributed by atoms with Crippen molar-refractivity contribution in [2.45, 2.75) is 38.3 Å². The number of aryl methyl sites for hydroxylation is 1. The molecule has 1 N–H and O–H groups in total. The van der Waals surface area contributed by atoms with Crippen LogP contribution in [0.5, 0.6) is 0 Å². The molecule has 0 saturated carbocycles. The van der Waals surface area contributed by atoms with Gasteiger partial charge in [-0.05, 0) is 25.8 Å². The van der Waals surface area contributed by atoms with Crippen LogP contribution >= 0.6 is 0 Å². The lowest BCUT2D eigenvalue weighted by Crippen LogP contribution is -2.49. The van der Waals surface area contributed by atoms with E-state index in [9.17, 15) is 9.90 Å². The van der Waals surface area contributed by atoms with Crippen LogP contribution < -0.4 is 0 Å². The summed E-state index contributed by atoms with van der Waals surface area (Å²) >= 11 is 0. The molecule has 1 aliphatic rings. The second-order valence-corrected chi connectivity index (χ2v) is 4.67. The molecule has 0 aromatic carbocycles. The zero-order valence-corrected chi connectivity index (χ0v) is 10.4. The number of hydrogen-bond acceptors (Lipinski definition) is 3. The van der Waals surface area contributed by atoms with Gasteiger partial charge in [-0.3, -0.25) is 9.69 Å². The van der Waals surface area contributed by atoms with Gasteiger partial charge < -0.3 is 9.67 Å². The van der Waals surface area contributed by atoms with Crippen LogP contribution in [0.1, 0.15) is 32.0 Å². The Labute approximate surface area is 101 Å². The first-order valence-electron chi connectivity index (χ1n) is 6.05. The van der Waals surface area contributed by atoms with E-state index in [0.29, 0.717) is 13.0 Å². The molecule has 0 spiro atoms. The average Bonchev–Trinajstić information content (AvgIpc) is 2.87. The van der Waals surface area contributed by atoms with E-state index in [1.165, 1.54) is 0 Å². The van der Waals surface area contributed by atoms with E-state index in [1.54, 1.807) is 6.20 Å². The Morgan fingerprint density at radius 3 is 2.94 bits per heavy atom. The lowest BCUT2D eigenvalue weighted by Gasteiger charge is -2.33. The number of carbonyl (C=O) groups is 1. The van der Waals surface area contributed by atoms with E-state index in [2.05, 4.69) is 9.88 Å². The van der Waals surface area contributed by atoms with Crippen LogP contribution in [0.15, 0.2) is 12.4 Å². The summed E-state index contributed by atoms with van der Waals surface area (Å²) in [6.45, 7) is 3.40. The van der Waals surface area contributed by atoms with Gasteiger partial charge in [0.25, 0.3) is 0 Å². The zero-order chi connectivity index (χ0) is 12.5. The molecule has 5 nitrogen and oxygen atoms in total. The number of imidazole rings is 1. The van der Waals surface area contributed by atoms with E-state index in [-0.39, 0.29) is 0 Å². The molecule has 0 bridgehead atoms. The van der Waals surface area contributed by atoms with Crippen molar-refractivity contribution in [3.8, 4) is 0 Å². The number of carboxylic acids is 1. The van der Waals surface area contributed by atoms with Crippen LogP contribution in [0.2, 0.25) is 0 Å². The maximum atomic E-state index is 11.5. The second-order valence-electron chi connectivity index (χ2n) is 4.67. The fourth-order valence-corrected chi connectivity index (χ4v) is 2.68. The third-order valence-electron chi connectivity index (χ3n) is 3.86. The third-order valence-corrected chi connectivity index (χ3v) is 3.86. The lowest BCUT2D eigenvalue weighted by atomic mass is 9.93. The number of carboxylic acid groups (broad SMARTS) is 1. The molecule has 1 atom stereocenters. The molecule has 0 radical (unpaired) electrons. The summed E-state index contributed by atoms with van der Waals surface area (Å²) in [5.74, 6) is 0.220. The highest BCUT2D eigenvalue weighted by Crippen LogP contribution is 2.33. The maximum Gasteiger partial charge on any atom is 0.324 e. The molecule has 1 aromatic rings. The van der Waals surface area contributed by atoms with E-state index < -0.39 is 11.5 Å². The Morgan fingerprint density at radius 2 is 2.41 bits per heavy atom. The van der Waals surface area contributed by atoms with Crippen molar-refractivity contribution in [2.24, 2.45) is 7.05 Å². The van der Waals surface area contributed by atoms with Gasteiger partial charge in [0.15, 0.2) is 0 Å². The van der Waals surface area contributed by atoms with E-state index in [1.807, 2.05) is 24.7 Å². The van der Waals surface area contributed by atoms with E-state index in [0.717, 1.165) is 25.2 Å². The number of likely N-dealkylation sites (tertiary alicyclic amines) is 1. The first-order chi connectivity index (χ1) is 8.10. The van der Waals surface area contributed by atoms with Crippen molar-refractivity contribution >= 4 is 5.97 Å². The lowest BCUT2D eigenvalue weighted by molar-refractivity contribution is -0.150. The van der Waals surface area contributed by atoms with Gasteiger partial charge in [0.05, 0.1) is 6.54 Å². The molecular weight excluding hydrogens is 218 g/mol. The number of hydrogen-bond donors (Lipinski definition) is 1. The number of nitrogens with zero attached hydrogens (tertiary/aromatic N) is 3. The molecule has 0 aliphatic carbocycles. The Morgan fingerprint density at radius 1 is 1.65 bits per heavy atom. The van der Waals surface area contributed by atoms with Gasteiger partial charge in [0.1, 0.15) is 11.4 Å². The number of aliphatic carboxylic acids is 1. The predicted octanol–water partition coefficient (Wildman–Crippen LogP) is 1.25. The minimum Gasteiger partial charge on any atom is -0.480 e. The molecule has 17 heavy (non-hydrogen) atoms. The Balaban J connectivity index is 2.20. The molecule has 1 fully saturated rings. The smallest absolute Gasteiger partial charge is 0.324 e. The molecule has 0 amide bonds. The average molecular weight is 237 g/mol. The van der Waals surface area contributed by atoms with Crippen LogP contribution in [-0.2, 0) is 18.4 Å². The van der Waals surface area contributed by atoms with Gasteiger partial charge in [-0.15, -0.1) is 0 Å². The highest BCUT2D eigenvalue weighted by molar-refractivity contribution is 5.79. The summed E-state index contributed by atoms with van der Waals surface area (Å²) in [6, 6.07) is 0. The van der Waals surface area contributed by atoms with Crippen LogP contribution in [0, 0.1) is 0 Å². The summed E-state index contributed by atoms with van der Waals surface area (Å²) in [5, 5.41) is 9.46. The molecule has 5 heteroatoms. The van der Waals surface area contributed by atoms with Crippen LogP contribution in [0.25, 0.3) is 0 Å². The van der Waals surface area contributed by atoms with Crippen molar-refractivity contribution < 1.29 is 9.90 Å². The highest BCUT2D eigenvalue weighted by Gasteiger charge is 2.46. The standard InChI is InChI=1S/C12H19N3O2/c1-3-12(11(16)17)5-4-7-15(12)9-10-13-6-8-14(10)2/h6,8H,3-5,7,9H2,1-2H3,(H,16,17). The summed E-state index contributed by atoms with van der Waals surface area (Å²) < 4.78 is 1.95. The van der Waals surface area contributed by atoms with Crippen molar-refractivity contribution in [2.75, 3.05) is 6.54 Å². The summed E-state index contributed by atoms with van der Waals surface area (Å²) in [7, 11) is 1.94. The van der Waals surface area contributed by atoms with Gasteiger partial charge in [-0.25, -0.2) is 4.98 Å². The van der Waals surface area contributed by atoms with Crippen LogP contribution in [-0.4, -0.2) is 37.6 Å². The minimum absolute atomic E-state index is 0.615. The fraction of sp³-hybridized carbons (Fsp3) is 0.667. The second kappa shape index (κ2) is 4.49. The van der Waals surface area contributed by atoms with Crippen molar-refractivity contribution in [3.63, 3.8) is 0 Å². The number of rotatable bonds is 4. The molecule has 1 aliphatic heterocycles. The fourth-order valence-electron chi connectivity index (χ4n) is 2.68. The number of aromatic nitrogens is 2. The van der Waals surface area contributed by atoms with Crippen LogP contribution in [0.3, 0.4) is 0 Å². The van der Waals surface area contributed by atoms with E-state index >= 15 is 0 Å². The summed E-state index contributed by atoms with van der Waals surface area (Å²) in [6.07, 6.45) is 5.97. The Bertz CT molecular complexity index is 416. The van der Waals surface area contributed by atoms with Crippen molar-refractivity contribution in [3.05, 3.63) is 18.2 Å². The molecule has 2 rings (SSSR count). The SMILES string of the molecule is CCC1(C(=O)O)CCCN1Cc1nccn1C. The summed E-state index contributed by atoms with van der Waals surface area (Å²) in [5.41, 5.74) is -0.689. The van der Waals surface area contributed by atoms with Crippen molar-refractivity contribution in [1.29, 1.82) is 0 Å². The topological polar surface area (TPSA) is 58.4 Å². The predicted molar refractivity (Wildman–Crippen MR) is 63.5 cm³/mol. The Hall–Kier alpha value is -1.36. The monoisotopic (exact) mass is 237 g/mol. The largest absolute Gasteiger partial charge is 0.480 e. The van der Waals surface area contributed by atoms with E-state index in [4.69, 9.17) is 0 Å². The molecular formula is C12H19N3O2. The van der Waals surface area contributed by atoms with Crippen molar-refractivity contribution in [1.82, 2.24) is 14.5 Å². The molecule has 94 valence electrons.